The second kappa shape index (κ2) is 6.76. The monoisotopic (exact) mass is 417 g/mol. The Balaban J connectivity index is 1.82. The number of hydrogen-bond acceptors (Lipinski definition) is 4. The summed E-state index contributed by atoms with van der Waals surface area (Å²) in [7, 11) is 0. The lowest BCUT2D eigenvalue weighted by atomic mass is 10.0. The van der Waals surface area contributed by atoms with Crippen molar-refractivity contribution in [1.82, 2.24) is 0 Å². The fourth-order valence-electron chi connectivity index (χ4n) is 3.37. The van der Waals surface area contributed by atoms with Gasteiger partial charge in [0.1, 0.15) is 17.1 Å². The average Bonchev–Trinajstić information content (AvgIpc) is 2.61. The van der Waals surface area contributed by atoms with E-state index in [1.807, 2.05) is 12.1 Å². The van der Waals surface area contributed by atoms with Gasteiger partial charge in [-0.2, -0.15) is 0 Å². The Labute approximate surface area is 158 Å². The van der Waals surface area contributed by atoms with E-state index >= 15 is 0 Å². The first-order valence-electron chi connectivity index (χ1n) is 8.48. The topological polar surface area (TPSA) is 42.7 Å². The van der Waals surface area contributed by atoms with Crippen LogP contribution < -0.4 is 15.3 Å². The fraction of sp³-hybridized carbons (Fsp3) is 0.250. The number of nitrogens with zero attached hydrogens (tertiary/aromatic N) is 1. The highest BCUT2D eigenvalue weighted by molar-refractivity contribution is 9.10. The highest BCUT2D eigenvalue weighted by Gasteiger charge is 2.24. The van der Waals surface area contributed by atoms with Crippen molar-refractivity contribution in [3.05, 3.63) is 68.2 Å². The minimum Gasteiger partial charge on any atom is -0.473 e. The molecule has 1 aliphatic rings. The Morgan fingerprint density at radius 2 is 2.08 bits per heavy atom. The summed E-state index contributed by atoms with van der Waals surface area (Å²) in [6, 6.07) is 10.3. The van der Waals surface area contributed by atoms with E-state index in [4.69, 9.17) is 9.15 Å². The minimum absolute atomic E-state index is 0.232. The molecule has 2 aromatic carbocycles. The lowest BCUT2D eigenvalue weighted by Gasteiger charge is -2.31. The largest absolute Gasteiger partial charge is 0.473 e. The van der Waals surface area contributed by atoms with E-state index < -0.39 is 0 Å². The Morgan fingerprint density at radius 3 is 2.85 bits per heavy atom. The first kappa shape index (κ1) is 17.1. The summed E-state index contributed by atoms with van der Waals surface area (Å²) in [4.78, 5) is 13.8. The Morgan fingerprint density at radius 1 is 1.23 bits per heavy atom. The second-order valence-corrected chi connectivity index (χ2v) is 7.24. The van der Waals surface area contributed by atoms with E-state index in [1.54, 1.807) is 23.1 Å². The maximum Gasteiger partial charge on any atom is 0.336 e. The normalized spacial score (nSPS) is 13.6. The van der Waals surface area contributed by atoms with Crippen LogP contribution in [0.25, 0.3) is 11.0 Å². The SMILES string of the molecule is CCCc1cc(=O)oc2c3c(ccc12)OCN(c1ccc(Br)cc1F)C3. The van der Waals surface area contributed by atoms with Crippen LogP contribution in [0.2, 0.25) is 0 Å². The highest BCUT2D eigenvalue weighted by Crippen LogP contribution is 2.35. The molecule has 1 aliphatic heterocycles. The van der Waals surface area contributed by atoms with Gasteiger partial charge in [0.2, 0.25) is 0 Å². The molecule has 0 unspecified atom stereocenters. The van der Waals surface area contributed by atoms with Gasteiger partial charge in [0.25, 0.3) is 0 Å². The van der Waals surface area contributed by atoms with Crippen LogP contribution >= 0.6 is 15.9 Å². The Hall–Kier alpha value is -2.34. The number of fused-ring (bicyclic) bond motifs is 3. The minimum atomic E-state index is -0.374. The quantitative estimate of drug-likeness (QED) is 0.562. The zero-order valence-electron chi connectivity index (χ0n) is 14.2. The van der Waals surface area contributed by atoms with Crippen molar-refractivity contribution in [1.29, 1.82) is 0 Å². The van der Waals surface area contributed by atoms with Gasteiger partial charge in [-0.05, 0) is 42.3 Å². The molecule has 6 heteroatoms. The van der Waals surface area contributed by atoms with Gasteiger partial charge in [-0.25, -0.2) is 9.18 Å². The second-order valence-electron chi connectivity index (χ2n) is 6.33. The molecule has 0 amide bonds. The van der Waals surface area contributed by atoms with Crippen LogP contribution in [-0.4, -0.2) is 6.73 Å². The molecule has 0 saturated carbocycles. The molecule has 134 valence electrons. The molecule has 0 aliphatic carbocycles. The van der Waals surface area contributed by atoms with Crippen molar-refractivity contribution in [2.45, 2.75) is 26.3 Å². The van der Waals surface area contributed by atoms with Crippen LogP contribution in [0.15, 0.2) is 50.1 Å². The third-order valence-electron chi connectivity index (χ3n) is 4.55. The first-order chi connectivity index (χ1) is 12.6. The van der Waals surface area contributed by atoms with E-state index in [-0.39, 0.29) is 18.2 Å². The zero-order valence-corrected chi connectivity index (χ0v) is 15.8. The number of benzene rings is 2. The van der Waals surface area contributed by atoms with Crippen LogP contribution in [0.5, 0.6) is 5.75 Å². The average molecular weight is 418 g/mol. The predicted molar refractivity (Wildman–Crippen MR) is 102 cm³/mol. The molecule has 0 saturated heterocycles. The molecular formula is C20H17BrFNO3. The number of anilines is 1. The molecule has 0 bridgehead atoms. The first-order valence-corrected chi connectivity index (χ1v) is 9.27. The van der Waals surface area contributed by atoms with Crippen LogP contribution in [0, 0.1) is 5.82 Å². The summed E-state index contributed by atoms with van der Waals surface area (Å²) in [5.41, 5.74) is 2.34. The van der Waals surface area contributed by atoms with Gasteiger partial charge >= 0.3 is 5.63 Å². The molecular weight excluding hydrogens is 401 g/mol. The standard InChI is InChI=1S/C20H17BrFNO3/c1-2-3-12-8-19(24)26-20-14(12)5-7-18-15(20)10-23(11-25-18)17-6-4-13(21)9-16(17)22/h4-9H,2-3,10-11H2,1H3. The summed E-state index contributed by atoms with van der Waals surface area (Å²) in [5.74, 6) is 0.336. The number of hydrogen-bond donors (Lipinski definition) is 0. The van der Waals surface area contributed by atoms with E-state index in [9.17, 15) is 9.18 Å². The lowest BCUT2D eigenvalue weighted by Crippen LogP contribution is -2.32. The number of halogens is 2. The van der Waals surface area contributed by atoms with Crippen molar-refractivity contribution in [2.75, 3.05) is 11.6 Å². The molecule has 0 atom stereocenters. The van der Waals surface area contributed by atoms with Crippen molar-refractivity contribution in [2.24, 2.45) is 0 Å². The van der Waals surface area contributed by atoms with Gasteiger partial charge in [-0.1, -0.05) is 29.3 Å². The molecule has 4 rings (SSSR count). The van der Waals surface area contributed by atoms with Crippen molar-refractivity contribution in [3.8, 4) is 5.75 Å². The van der Waals surface area contributed by atoms with Crippen LogP contribution in [0.3, 0.4) is 0 Å². The van der Waals surface area contributed by atoms with Crippen molar-refractivity contribution >= 4 is 32.6 Å². The van der Waals surface area contributed by atoms with Gasteiger partial charge in [0.05, 0.1) is 17.8 Å². The van der Waals surface area contributed by atoms with E-state index in [2.05, 4.69) is 22.9 Å². The maximum atomic E-state index is 14.4. The zero-order chi connectivity index (χ0) is 18.3. The fourth-order valence-corrected chi connectivity index (χ4v) is 3.70. The van der Waals surface area contributed by atoms with E-state index in [1.165, 1.54) is 6.07 Å². The summed E-state index contributed by atoms with van der Waals surface area (Å²) < 4.78 is 26.4. The van der Waals surface area contributed by atoms with Gasteiger partial charge in [-0.3, -0.25) is 0 Å². The summed E-state index contributed by atoms with van der Waals surface area (Å²) in [6.45, 7) is 2.71. The van der Waals surface area contributed by atoms with Crippen LogP contribution in [0.4, 0.5) is 10.1 Å². The lowest BCUT2D eigenvalue weighted by molar-refractivity contribution is 0.287. The highest BCUT2D eigenvalue weighted by atomic mass is 79.9. The van der Waals surface area contributed by atoms with Crippen molar-refractivity contribution < 1.29 is 13.5 Å². The van der Waals surface area contributed by atoms with E-state index in [0.717, 1.165) is 29.4 Å². The van der Waals surface area contributed by atoms with Gasteiger partial charge in [0, 0.05) is 15.9 Å². The van der Waals surface area contributed by atoms with Crippen molar-refractivity contribution in [3.63, 3.8) is 0 Å². The van der Waals surface area contributed by atoms with Gasteiger partial charge < -0.3 is 14.1 Å². The molecule has 0 fully saturated rings. The third kappa shape index (κ3) is 2.98. The number of ether oxygens (including phenoxy) is 1. The molecule has 3 aromatic rings. The molecule has 0 spiro atoms. The summed E-state index contributed by atoms with van der Waals surface area (Å²) in [5, 5.41) is 0.909. The van der Waals surface area contributed by atoms with Crippen LogP contribution in [0.1, 0.15) is 24.5 Å². The Kier molecular flexibility index (Phi) is 4.44. The number of aryl methyl sites for hydroxylation is 1. The number of rotatable bonds is 3. The molecule has 2 heterocycles. The summed E-state index contributed by atoms with van der Waals surface area (Å²) >= 11 is 3.27. The van der Waals surface area contributed by atoms with Gasteiger partial charge in [-0.15, -0.1) is 0 Å². The van der Waals surface area contributed by atoms with Gasteiger partial charge in [0.15, 0.2) is 6.73 Å². The molecule has 4 nitrogen and oxygen atoms in total. The Bertz CT molecular complexity index is 1050. The molecule has 0 radical (unpaired) electrons. The maximum absolute atomic E-state index is 14.4. The third-order valence-corrected chi connectivity index (χ3v) is 5.05. The van der Waals surface area contributed by atoms with Crippen LogP contribution in [-0.2, 0) is 13.0 Å². The molecule has 26 heavy (non-hydrogen) atoms. The predicted octanol–water partition coefficient (Wildman–Crippen LogP) is 5.00. The smallest absolute Gasteiger partial charge is 0.336 e. The summed E-state index contributed by atoms with van der Waals surface area (Å²) in [6.07, 6.45) is 1.73. The van der Waals surface area contributed by atoms with E-state index in [0.29, 0.717) is 28.0 Å². The molecule has 0 N–H and O–H groups in total. The molecule has 1 aromatic heterocycles.